The number of aliphatic hydroxyl groups excluding tert-OH is 1. The van der Waals surface area contributed by atoms with Crippen LogP contribution < -0.4 is 15.4 Å². The summed E-state index contributed by atoms with van der Waals surface area (Å²) in [5.74, 6) is 0.675. The van der Waals surface area contributed by atoms with E-state index in [9.17, 15) is 4.79 Å². The first-order chi connectivity index (χ1) is 11.7. The average molecular weight is 328 g/mol. The molecule has 0 heterocycles. The van der Waals surface area contributed by atoms with Crippen LogP contribution in [0.5, 0.6) is 5.75 Å². The van der Waals surface area contributed by atoms with Crippen LogP contribution in [-0.2, 0) is 6.42 Å². The Hall–Kier alpha value is -2.53. The van der Waals surface area contributed by atoms with Crippen molar-refractivity contribution in [3.05, 3.63) is 59.7 Å². The summed E-state index contributed by atoms with van der Waals surface area (Å²) in [5, 5.41) is 14.6. The lowest BCUT2D eigenvalue weighted by molar-refractivity contribution is 0.0945. The second kappa shape index (κ2) is 9.57. The summed E-state index contributed by atoms with van der Waals surface area (Å²) < 4.78 is 5.73. The maximum atomic E-state index is 11.9. The molecule has 0 bridgehead atoms. The van der Waals surface area contributed by atoms with Crippen LogP contribution >= 0.6 is 0 Å². The number of aryl methyl sites for hydroxylation is 1. The van der Waals surface area contributed by atoms with Gasteiger partial charge in [-0.05, 0) is 42.3 Å². The van der Waals surface area contributed by atoms with E-state index in [1.165, 1.54) is 5.56 Å². The number of carbonyl (C=O) groups is 1. The summed E-state index contributed by atoms with van der Waals surface area (Å²) in [6.45, 7) is 3.47. The maximum Gasteiger partial charge on any atom is 0.251 e. The Morgan fingerprint density at radius 1 is 1.12 bits per heavy atom. The molecule has 2 rings (SSSR count). The molecule has 5 nitrogen and oxygen atoms in total. The molecule has 0 aliphatic carbocycles. The van der Waals surface area contributed by atoms with Gasteiger partial charge in [0.05, 0.1) is 6.61 Å². The lowest BCUT2D eigenvalue weighted by atomic mass is 10.2. The van der Waals surface area contributed by atoms with Gasteiger partial charge in [0.2, 0.25) is 0 Å². The molecule has 5 heteroatoms. The Morgan fingerprint density at radius 2 is 1.96 bits per heavy atom. The molecule has 0 aliphatic rings. The number of benzene rings is 2. The second-order valence-corrected chi connectivity index (χ2v) is 5.34. The zero-order valence-electron chi connectivity index (χ0n) is 13.9. The summed E-state index contributed by atoms with van der Waals surface area (Å²) in [6, 6.07) is 15.3. The quantitative estimate of drug-likeness (QED) is 0.619. The summed E-state index contributed by atoms with van der Waals surface area (Å²) in [4.78, 5) is 11.9. The molecule has 0 aromatic heterocycles. The molecular weight excluding hydrogens is 304 g/mol. The third-order valence-electron chi connectivity index (χ3n) is 3.53. The highest BCUT2D eigenvalue weighted by Crippen LogP contribution is 2.14. The van der Waals surface area contributed by atoms with Crippen molar-refractivity contribution in [2.45, 2.75) is 13.3 Å². The van der Waals surface area contributed by atoms with E-state index in [1.807, 2.05) is 30.3 Å². The lowest BCUT2D eigenvalue weighted by Gasteiger charge is -2.10. The van der Waals surface area contributed by atoms with Gasteiger partial charge in [0.15, 0.2) is 0 Å². The molecule has 0 fully saturated rings. The highest BCUT2D eigenvalue weighted by Gasteiger charge is 2.05. The van der Waals surface area contributed by atoms with Crippen LogP contribution in [0.3, 0.4) is 0 Å². The van der Waals surface area contributed by atoms with E-state index in [2.05, 4.69) is 23.6 Å². The van der Waals surface area contributed by atoms with Gasteiger partial charge < -0.3 is 20.5 Å². The van der Waals surface area contributed by atoms with Crippen molar-refractivity contribution in [2.24, 2.45) is 0 Å². The second-order valence-electron chi connectivity index (χ2n) is 5.34. The third-order valence-corrected chi connectivity index (χ3v) is 3.53. The molecule has 24 heavy (non-hydrogen) atoms. The number of hydrogen-bond donors (Lipinski definition) is 3. The van der Waals surface area contributed by atoms with Gasteiger partial charge >= 0.3 is 0 Å². The molecule has 2 aromatic rings. The molecule has 0 unspecified atom stereocenters. The lowest BCUT2D eigenvalue weighted by Crippen LogP contribution is -2.26. The highest BCUT2D eigenvalue weighted by molar-refractivity contribution is 5.95. The van der Waals surface area contributed by atoms with Gasteiger partial charge in [-0.2, -0.15) is 0 Å². The summed E-state index contributed by atoms with van der Waals surface area (Å²) >= 11 is 0. The molecule has 2 aromatic carbocycles. The summed E-state index contributed by atoms with van der Waals surface area (Å²) in [7, 11) is 0. The molecule has 0 aliphatic heterocycles. The van der Waals surface area contributed by atoms with E-state index in [-0.39, 0.29) is 19.1 Å². The first-order valence-corrected chi connectivity index (χ1v) is 8.17. The van der Waals surface area contributed by atoms with Crippen LogP contribution in [-0.4, -0.2) is 37.3 Å². The van der Waals surface area contributed by atoms with Crippen molar-refractivity contribution in [1.82, 2.24) is 5.32 Å². The van der Waals surface area contributed by atoms with Gasteiger partial charge in [-0.1, -0.05) is 25.1 Å². The normalized spacial score (nSPS) is 10.2. The predicted octanol–water partition coefficient (Wildman–Crippen LogP) is 2.46. The van der Waals surface area contributed by atoms with Crippen LogP contribution in [0.4, 0.5) is 5.69 Å². The average Bonchev–Trinajstić information content (AvgIpc) is 2.63. The summed E-state index contributed by atoms with van der Waals surface area (Å²) in [5.41, 5.74) is 2.67. The predicted molar refractivity (Wildman–Crippen MR) is 95.7 cm³/mol. The molecule has 1 amide bonds. The topological polar surface area (TPSA) is 70.6 Å². The first-order valence-electron chi connectivity index (χ1n) is 8.17. The van der Waals surface area contributed by atoms with E-state index in [1.54, 1.807) is 12.1 Å². The number of carbonyl (C=O) groups excluding carboxylic acids is 1. The molecular formula is C19H24N2O3. The Balaban J connectivity index is 1.80. The number of aliphatic hydroxyl groups is 1. The Morgan fingerprint density at radius 3 is 2.75 bits per heavy atom. The molecule has 0 saturated carbocycles. The van der Waals surface area contributed by atoms with Crippen molar-refractivity contribution < 1.29 is 14.6 Å². The molecule has 3 N–H and O–H groups in total. The Kier molecular flexibility index (Phi) is 7.11. The van der Waals surface area contributed by atoms with Crippen LogP contribution in [0, 0.1) is 0 Å². The molecule has 0 spiro atoms. The fraction of sp³-hybridized carbons (Fsp3) is 0.316. The fourth-order valence-electron chi connectivity index (χ4n) is 2.26. The molecule has 0 atom stereocenters. The number of nitrogens with one attached hydrogen (secondary N) is 2. The minimum atomic E-state index is -0.194. The van der Waals surface area contributed by atoms with Crippen molar-refractivity contribution in [3.8, 4) is 5.75 Å². The summed E-state index contributed by atoms with van der Waals surface area (Å²) in [6.07, 6.45) is 0.987. The van der Waals surface area contributed by atoms with Gasteiger partial charge in [-0.3, -0.25) is 4.79 Å². The monoisotopic (exact) mass is 328 g/mol. The first kappa shape index (κ1) is 17.8. The van der Waals surface area contributed by atoms with Crippen LogP contribution in [0.15, 0.2) is 48.5 Å². The fourth-order valence-corrected chi connectivity index (χ4v) is 2.26. The van der Waals surface area contributed by atoms with E-state index in [0.29, 0.717) is 18.7 Å². The van der Waals surface area contributed by atoms with Gasteiger partial charge in [0.1, 0.15) is 12.4 Å². The largest absolute Gasteiger partial charge is 0.492 e. The smallest absolute Gasteiger partial charge is 0.251 e. The maximum absolute atomic E-state index is 11.9. The van der Waals surface area contributed by atoms with Crippen LogP contribution in [0.25, 0.3) is 0 Å². The Labute approximate surface area is 142 Å². The van der Waals surface area contributed by atoms with Crippen molar-refractivity contribution in [2.75, 3.05) is 31.6 Å². The van der Waals surface area contributed by atoms with Gasteiger partial charge in [-0.15, -0.1) is 0 Å². The van der Waals surface area contributed by atoms with Crippen molar-refractivity contribution >= 4 is 11.6 Å². The van der Waals surface area contributed by atoms with Crippen molar-refractivity contribution in [1.29, 1.82) is 0 Å². The minimum absolute atomic E-state index is 0.0692. The van der Waals surface area contributed by atoms with E-state index < -0.39 is 0 Å². The number of ether oxygens (including phenoxy) is 1. The van der Waals surface area contributed by atoms with E-state index >= 15 is 0 Å². The SMILES string of the molecule is CCc1cccc(OCCNc2cccc(C(=O)NCCO)c2)c1. The van der Waals surface area contributed by atoms with E-state index in [0.717, 1.165) is 17.9 Å². The Bertz CT molecular complexity index is 659. The molecule has 0 saturated heterocycles. The zero-order chi connectivity index (χ0) is 17.2. The number of rotatable bonds is 9. The van der Waals surface area contributed by atoms with Gasteiger partial charge in [0, 0.05) is 24.3 Å². The number of hydrogen-bond acceptors (Lipinski definition) is 4. The minimum Gasteiger partial charge on any atom is -0.492 e. The van der Waals surface area contributed by atoms with Crippen LogP contribution in [0.1, 0.15) is 22.8 Å². The zero-order valence-corrected chi connectivity index (χ0v) is 13.9. The molecule has 128 valence electrons. The van der Waals surface area contributed by atoms with E-state index in [4.69, 9.17) is 9.84 Å². The highest BCUT2D eigenvalue weighted by atomic mass is 16.5. The van der Waals surface area contributed by atoms with Crippen molar-refractivity contribution in [3.63, 3.8) is 0 Å². The van der Waals surface area contributed by atoms with Gasteiger partial charge in [-0.25, -0.2) is 0 Å². The number of amides is 1. The van der Waals surface area contributed by atoms with Crippen LogP contribution in [0.2, 0.25) is 0 Å². The van der Waals surface area contributed by atoms with Gasteiger partial charge in [0.25, 0.3) is 5.91 Å². The third kappa shape index (κ3) is 5.59. The number of anilines is 1. The standard InChI is InChI=1S/C19H24N2O3/c1-2-15-5-3-8-18(13-15)24-12-10-20-17-7-4-6-16(14-17)19(23)21-9-11-22/h3-8,13-14,20,22H,2,9-12H2,1H3,(H,21,23). The molecule has 0 radical (unpaired) electrons.